The van der Waals surface area contributed by atoms with Gasteiger partial charge < -0.3 is 10.1 Å². The molecule has 1 amide bonds. The monoisotopic (exact) mass is 493 g/mol. The standard InChI is InChI=1S/C15H10BrClINO3/c1-22-15(21)10-7-9(3-4-12(10)17)19-14(20)11-6-8(16)2-5-13(11)18/h2-7H,1H3,(H,19,20). The van der Waals surface area contributed by atoms with Crippen LogP contribution in [0.2, 0.25) is 5.02 Å². The summed E-state index contributed by atoms with van der Waals surface area (Å²) < 4.78 is 6.28. The lowest BCUT2D eigenvalue weighted by Crippen LogP contribution is -2.14. The van der Waals surface area contributed by atoms with Crippen molar-refractivity contribution >= 4 is 67.7 Å². The van der Waals surface area contributed by atoms with Crippen molar-refractivity contribution in [2.45, 2.75) is 0 Å². The molecule has 0 saturated carbocycles. The molecule has 0 spiro atoms. The van der Waals surface area contributed by atoms with Crippen molar-refractivity contribution < 1.29 is 14.3 Å². The molecule has 22 heavy (non-hydrogen) atoms. The molecule has 114 valence electrons. The van der Waals surface area contributed by atoms with Gasteiger partial charge in [-0.3, -0.25) is 4.79 Å². The van der Waals surface area contributed by atoms with E-state index in [0.717, 1.165) is 8.04 Å². The van der Waals surface area contributed by atoms with Crippen LogP contribution in [0.1, 0.15) is 20.7 Å². The maximum Gasteiger partial charge on any atom is 0.339 e. The summed E-state index contributed by atoms with van der Waals surface area (Å²) in [6, 6.07) is 10.1. The minimum atomic E-state index is -0.557. The zero-order chi connectivity index (χ0) is 16.3. The molecular formula is C15H10BrClINO3. The summed E-state index contributed by atoms with van der Waals surface area (Å²) in [6.45, 7) is 0. The maximum atomic E-state index is 12.3. The van der Waals surface area contributed by atoms with Gasteiger partial charge in [0, 0.05) is 13.7 Å². The van der Waals surface area contributed by atoms with Crippen LogP contribution >= 0.6 is 50.1 Å². The number of hydrogen-bond donors (Lipinski definition) is 1. The highest BCUT2D eigenvalue weighted by Gasteiger charge is 2.14. The summed E-state index contributed by atoms with van der Waals surface area (Å²) in [5.41, 5.74) is 1.20. The van der Waals surface area contributed by atoms with Crippen LogP contribution in [0.5, 0.6) is 0 Å². The fourth-order valence-electron chi connectivity index (χ4n) is 1.74. The van der Waals surface area contributed by atoms with E-state index in [1.165, 1.54) is 19.2 Å². The normalized spacial score (nSPS) is 10.2. The van der Waals surface area contributed by atoms with Crippen molar-refractivity contribution in [3.8, 4) is 0 Å². The van der Waals surface area contributed by atoms with Crippen LogP contribution in [0.15, 0.2) is 40.9 Å². The van der Waals surface area contributed by atoms with Crippen molar-refractivity contribution in [1.82, 2.24) is 0 Å². The highest BCUT2D eigenvalue weighted by Crippen LogP contribution is 2.23. The Bertz CT molecular complexity index is 752. The predicted octanol–water partition coefficient (Wildman–Crippen LogP) is 4.75. The fraction of sp³-hybridized carbons (Fsp3) is 0.0667. The van der Waals surface area contributed by atoms with Crippen LogP contribution in [-0.2, 0) is 4.74 Å². The van der Waals surface area contributed by atoms with Gasteiger partial charge in [0.1, 0.15) is 0 Å². The van der Waals surface area contributed by atoms with Crippen molar-refractivity contribution in [1.29, 1.82) is 0 Å². The topological polar surface area (TPSA) is 55.4 Å². The molecule has 0 aromatic heterocycles. The summed E-state index contributed by atoms with van der Waals surface area (Å²) in [6.07, 6.45) is 0. The van der Waals surface area contributed by atoms with Crippen LogP contribution in [0.25, 0.3) is 0 Å². The number of carbonyl (C=O) groups is 2. The van der Waals surface area contributed by atoms with E-state index in [9.17, 15) is 9.59 Å². The molecule has 2 rings (SSSR count). The first-order valence-electron chi connectivity index (χ1n) is 6.06. The summed E-state index contributed by atoms with van der Waals surface area (Å²) in [5, 5.41) is 3.01. The van der Waals surface area contributed by atoms with E-state index < -0.39 is 5.97 Å². The number of esters is 1. The number of amides is 1. The third-order valence-electron chi connectivity index (χ3n) is 2.80. The SMILES string of the molecule is COC(=O)c1cc(NC(=O)c2cc(Br)ccc2I)ccc1Cl. The second-order valence-corrected chi connectivity index (χ2v) is 6.75. The van der Waals surface area contributed by atoms with E-state index in [-0.39, 0.29) is 16.5 Å². The minimum absolute atomic E-state index is 0.200. The van der Waals surface area contributed by atoms with E-state index in [0.29, 0.717) is 11.3 Å². The lowest BCUT2D eigenvalue weighted by Gasteiger charge is -2.09. The second kappa shape index (κ2) is 7.43. The number of hydrogen-bond acceptors (Lipinski definition) is 3. The molecule has 0 atom stereocenters. The number of ether oxygens (including phenoxy) is 1. The third-order valence-corrected chi connectivity index (χ3v) is 4.57. The zero-order valence-corrected chi connectivity index (χ0v) is 15.8. The maximum absolute atomic E-state index is 12.3. The number of anilines is 1. The van der Waals surface area contributed by atoms with Crippen LogP contribution in [0, 0.1) is 3.57 Å². The van der Waals surface area contributed by atoms with E-state index in [1.54, 1.807) is 12.1 Å². The number of rotatable bonds is 3. The zero-order valence-electron chi connectivity index (χ0n) is 11.3. The number of methoxy groups -OCH3 is 1. The highest BCUT2D eigenvalue weighted by atomic mass is 127. The van der Waals surface area contributed by atoms with Crippen molar-refractivity contribution in [3.05, 3.63) is 60.6 Å². The van der Waals surface area contributed by atoms with Gasteiger partial charge in [-0.05, 0) is 59.0 Å². The first kappa shape index (κ1) is 17.2. The van der Waals surface area contributed by atoms with E-state index in [1.807, 2.05) is 12.1 Å². The van der Waals surface area contributed by atoms with E-state index in [4.69, 9.17) is 11.6 Å². The summed E-state index contributed by atoms with van der Waals surface area (Å²) in [7, 11) is 1.27. The molecule has 0 radical (unpaired) electrons. The van der Waals surface area contributed by atoms with Crippen LogP contribution in [0.3, 0.4) is 0 Å². The summed E-state index contributed by atoms with van der Waals surface area (Å²) >= 11 is 11.4. The predicted molar refractivity (Wildman–Crippen MR) is 97.6 cm³/mol. The van der Waals surface area contributed by atoms with E-state index in [2.05, 4.69) is 48.6 Å². The Morgan fingerprint density at radius 2 is 1.91 bits per heavy atom. The molecule has 0 saturated heterocycles. The molecule has 7 heteroatoms. The molecule has 0 unspecified atom stereocenters. The van der Waals surface area contributed by atoms with Gasteiger partial charge in [-0.25, -0.2) is 4.79 Å². The molecule has 4 nitrogen and oxygen atoms in total. The van der Waals surface area contributed by atoms with Crippen LogP contribution in [-0.4, -0.2) is 19.0 Å². The Hall–Kier alpha value is -1.12. The molecule has 0 heterocycles. The Balaban J connectivity index is 2.29. The van der Waals surface area contributed by atoms with Gasteiger partial charge in [-0.1, -0.05) is 27.5 Å². The number of carbonyl (C=O) groups excluding carboxylic acids is 2. The first-order chi connectivity index (χ1) is 10.4. The smallest absolute Gasteiger partial charge is 0.339 e. The van der Waals surface area contributed by atoms with Gasteiger partial charge in [0.25, 0.3) is 5.91 Å². The highest BCUT2D eigenvalue weighted by molar-refractivity contribution is 14.1. The molecule has 0 aliphatic heterocycles. The molecular weight excluding hydrogens is 484 g/mol. The molecule has 0 aliphatic rings. The summed E-state index contributed by atoms with van der Waals surface area (Å²) in [5.74, 6) is -0.832. The Labute approximate surface area is 154 Å². The average Bonchev–Trinajstić information content (AvgIpc) is 2.50. The third kappa shape index (κ3) is 3.99. The molecule has 0 fully saturated rings. The number of halogens is 3. The lowest BCUT2D eigenvalue weighted by molar-refractivity contribution is 0.0600. The molecule has 0 bridgehead atoms. The van der Waals surface area contributed by atoms with Crippen molar-refractivity contribution in [2.75, 3.05) is 12.4 Å². The number of benzene rings is 2. The van der Waals surface area contributed by atoms with Crippen molar-refractivity contribution in [3.63, 3.8) is 0 Å². The molecule has 2 aromatic rings. The fourth-order valence-corrected chi connectivity index (χ4v) is 2.88. The first-order valence-corrected chi connectivity index (χ1v) is 8.31. The lowest BCUT2D eigenvalue weighted by atomic mass is 10.1. The van der Waals surface area contributed by atoms with Crippen molar-refractivity contribution in [2.24, 2.45) is 0 Å². The molecule has 1 N–H and O–H groups in total. The Kier molecular flexibility index (Phi) is 5.82. The van der Waals surface area contributed by atoms with E-state index >= 15 is 0 Å². The van der Waals surface area contributed by atoms with Gasteiger partial charge in [-0.15, -0.1) is 0 Å². The minimum Gasteiger partial charge on any atom is -0.465 e. The summed E-state index contributed by atoms with van der Waals surface area (Å²) in [4.78, 5) is 24.0. The van der Waals surface area contributed by atoms with Gasteiger partial charge in [0.15, 0.2) is 0 Å². The second-order valence-electron chi connectivity index (χ2n) is 4.26. The number of nitrogens with one attached hydrogen (secondary N) is 1. The average molecular weight is 495 g/mol. The van der Waals surface area contributed by atoms with Gasteiger partial charge in [0.2, 0.25) is 0 Å². The molecule has 2 aromatic carbocycles. The van der Waals surface area contributed by atoms with Crippen LogP contribution < -0.4 is 5.32 Å². The van der Waals surface area contributed by atoms with Gasteiger partial charge in [0.05, 0.1) is 23.3 Å². The van der Waals surface area contributed by atoms with Gasteiger partial charge in [-0.2, -0.15) is 0 Å². The largest absolute Gasteiger partial charge is 0.465 e. The molecule has 0 aliphatic carbocycles. The van der Waals surface area contributed by atoms with Gasteiger partial charge >= 0.3 is 5.97 Å². The quantitative estimate of drug-likeness (QED) is 0.495. The van der Waals surface area contributed by atoms with Crippen LogP contribution in [0.4, 0.5) is 5.69 Å². The Morgan fingerprint density at radius 1 is 1.18 bits per heavy atom. The Morgan fingerprint density at radius 3 is 2.59 bits per heavy atom.